The minimum absolute atomic E-state index is 0.815. The summed E-state index contributed by atoms with van der Waals surface area (Å²) in [7, 11) is 1.69. The maximum Gasteiger partial charge on any atom is 0.119 e. The van der Waals surface area contributed by atoms with Gasteiger partial charge in [0.2, 0.25) is 0 Å². The van der Waals surface area contributed by atoms with Gasteiger partial charge in [-0.25, -0.2) is 0 Å². The van der Waals surface area contributed by atoms with Crippen molar-refractivity contribution in [2.45, 2.75) is 13.0 Å². The lowest BCUT2D eigenvalue weighted by Crippen LogP contribution is -2.30. The van der Waals surface area contributed by atoms with Gasteiger partial charge in [-0.1, -0.05) is 17.7 Å². The minimum Gasteiger partial charge on any atom is -0.497 e. The molecule has 0 spiro atoms. The van der Waals surface area contributed by atoms with Gasteiger partial charge >= 0.3 is 0 Å². The highest BCUT2D eigenvalue weighted by Crippen LogP contribution is 2.27. The Morgan fingerprint density at radius 1 is 1.05 bits per heavy atom. The Balaban J connectivity index is 1.84. The quantitative estimate of drug-likeness (QED) is 0.823. The van der Waals surface area contributed by atoms with Gasteiger partial charge in [0.1, 0.15) is 5.75 Å². The Morgan fingerprint density at radius 2 is 1.84 bits per heavy atom. The lowest BCUT2D eigenvalue weighted by atomic mass is 9.99. The van der Waals surface area contributed by atoms with Gasteiger partial charge in [0.05, 0.1) is 7.11 Å². The summed E-state index contributed by atoms with van der Waals surface area (Å²) in [6, 6.07) is 14.4. The van der Waals surface area contributed by atoms with E-state index in [9.17, 15) is 0 Å². The number of benzene rings is 2. The van der Waals surface area contributed by atoms with E-state index in [1.165, 1.54) is 16.8 Å². The van der Waals surface area contributed by atoms with Crippen LogP contribution in [0.5, 0.6) is 5.75 Å². The molecular formula is C16H16ClNO. The predicted octanol–water partition coefficient (Wildman–Crippen LogP) is 3.91. The van der Waals surface area contributed by atoms with Crippen LogP contribution in [0.2, 0.25) is 5.02 Å². The Labute approximate surface area is 118 Å². The smallest absolute Gasteiger partial charge is 0.119 e. The number of hydrogen-bond acceptors (Lipinski definition) is 2. The van der Waals surface area contributed by atoms with Crippen LogP contribution in [-0.4, -0.2) is 13.7 Å². The third kappa shape index (κ3) is 2.54. The van der Waals surface area contributed by atoms with Gasteiger partial charge in [-0.15, -0.1) is 0 Å². The first-order valence-corrected chi connectivity index (χ1v) is 6.80. The summed E-state index contributed by atoms with van der Waals surface area (Å²) in [5.41, 5.74) is 3.97. The molecule has 0 unspecified atom stereocenters. The number of methoxy groups -OCH3 is 1. The highest BCUT2D eigenvalue weighted by molar-refractivity contribution is 6.30. The van der Waals surface area contributed by atoms with Crippen LogP contribution in [0, 0.1) is 0 Å². The summed E-state index contributed by atoms with van der Waals surface area (Å²) >= 11 is 6.07. The summed E-state index contributed by atoms with van der Waals surface area (Å²) < 4.78 is 5.19. The molecule has 0 saturated carbocycles. The molecule has 0 aromatic heterocycles. The zero-order valence-corrected chi connectivity index (χ0v) is 11.7. The maximum atomic E-state index is 6.07. The standard InChI is InChI=1S/C16H16ClNO/c1-19-16-6-4-15(5-7-16)18-9-8-12-2-3-14(17)10-13(12)11-18/h2-7,10H,8-9,11H2,1H3. The highest BCUT2D eigenvalue weighted by atomic mass is 35.5. The van der Waals surface area contributed by atoms with Gasteiger partial charge in [0.15, 0.2) is 0 Å². The molecule has 1 aliphatic rings. The molecule has 0 N–H and O–H groups in total. The maximum absolute atomic E-state index is 6.07. The first-order valence-electron chi connectivity index (χ1n) is 6.42. The van der Waals surface area contributed by atoms with Crippen molar-refractivity contribution < 1.29 is 4.74 Å². The van der Waals surface area contributed by atoms with Crippen LogP contribution in [0.25, 0.3) is 0 Å². The number of hydrogen-bond donors (Lipinski definition) is 0. The molecule has 19 heavy (non-hydrogen) atoms. The molecule has 98 valence electrons. The Bertz CT molecular complexity index is 580. The fraction of sp³-hybridized carbons (Fsp3) is 0.250. The monoisotopic (exact) mass is 273 g/mol. The number of halogens is 1. The van der Waals surface area contributed by atoms with Crippen LogP contribution in [-0.2, 0) is 13.0 Å². The second-order valence-electron chi connectivity index (χ2n) is 4.78. The molecule has 0 saturated heterocycles. The molecule has 3 rings (SSSR count). The van der Waals surface area contributed by atoms with E-state index in [4.69, 9.17) is 16.3 Å². The minimum atomic E-state index is 0.815. The Hall–Kier alpha value is -1.67. The average molecular weight is 274 g/mol. The number of nitrogens with zero attached hydrogens (tertiary/aromatic N) is 1. The molecule has 0 bridgehead atoms. The van der Waals surface area contributed by atoms with Gasteiger partial charge in [0.25, 0.3) is 0 Å². The summed E-state index contributed by atoms with van der Waals surface area (Å²) in [4.78, 5) is 2.37. The molecule has 0 aliphatic carbocycles. The summed E-state index contributed by atoms with van der Waals surface area (Å²) in [5, 5.41) is 0.815. The second-order valence-corrected chi connectivity index (χ2v) is 5.22. The van der Waals surface area contributed by atoms with E-state index in [2.05, 4.69) is 29.2 Å². The third-order valence-electron chi connectivity index (χ3n) is 3.62. The summed E-state index contributed by atoms with van der Waals surface area (Å²) in [6.07, 6.45) is 1.07. The topological polar surface area (TPSA) is 12.5 Å². The SMILES string of the molecule is COc1ccc(N2CCc3ccc(Cl)cc3C2)cc1. The van der Waals surface area contributed by atoms with Crippen molar-refractivity contribution in [3.8, 4) is 5.75 Å². The van der Waals surface area contributed by atoms with Crippen molar-refractivity contribution in [1.82, 2.24) is 0 Å². The number of fused-ring (bicyclic) bond motifs is 1. The van der Waals surface area contributed by atoms with Gasteiger partial charge in [0, 0.05) is 23.8 Å². The van der Waals surface area contributed by atoms with Crippen molar-refractivity contribution in [3.05, 3.63) is 58.6 Å². The molecular weight excluding hydrogens is 258 g/mol. The molecule has 2 aromatic carbocycles. The van der Waals surface area contributed by atoms with Crippen molar-refractivity contribution >= 4 is 17.3 Å². The summed E-state index contributed by atoms with van der Waals surface area (Å²) in [5.74, 6) is 0.893. The number of ether oxygens (including phenoxy) is 1. The van der Waals surface area contributed by atoms with E-state index in [-0.39, 0.29) is 0 Å². The first-order chi connectivity index (χ1) is 9.26. The van der Waals surface area contributed by atoms with Gasteiger partial charge in [-0.2, -0.15) is 0 Å². The Morgan fingerprint density at radius 3 is 2.58 bits per heavy atom. The van der Waals surface area contributed by atoms with Crippen molar-refractivity contribution in [1.29, 1.82) is 0 Å². The lowest BCUT2D eigenvalue weighted by Gasteiger charge is -2.31. The molecule has 1 aliphatic heterocycles. The van der Waals surface area contributed by atoms with E-state index >= 15 is 0 Å². The van der Waals surface area contributed by atoms with E-state index < -0.39 is 0 Å². The van der Waals surface area contributed by atoms with E-state index in [0.717, 1.165) is 30.3 Å². The van der Waals surface area contributed by atoms with Crippen LogP contribution in [0.15, 0.2) is 42.5 Å². The van der Waals surface area contributed by atoms with Gasteiger partial charge in [-0.05, 0) is 53.9 Å². The summed E-state index contributed by atoms with van der Waals surface area (Å²) in [6.45, 7) is 1.96. The zero-order valence-electron chi connectivity index (χ0n) is 10.9. The normalized spacial score (nSPS) is 14.1. The van der Waals surface area contributed by atoms with Crippen LogP contribution in [0.1, 0.15) is 11.1 Å². The first kappa shape index (κ1) is 12.4. The molecule has 0 atom stereocenters. The number of anilines is 1. The van der Waals surface area contributed by atoms with Crippen molar-refractivity contribution in [3.63, 3.8) is 0 Å². The number of rotatable bonds is 2. The van der Waals surface area contributed by atoms with Crippen LogP contribution >= 0.6 is 11.6 Å². The predicted molar refractivity (Wildman–Crippen MR) is 79.2 cm³/mol. The third-order valence-corrected chi connectivity index (χ3v) is 3.85. The van der Waals surface area contributed by atoms with Gasteiger partial charge < -0.3 is 9.64 Å². The molecule has 2 nitrogen and oxygen atoms in total. The zero-order chi connectivity index (χ0) is 13.2. The molecule has 0 amide bonds. The van der Waals surface area contributed by atoms with Crippen LogP contribution < -0.4 is 9.64 Å². The average Bonchev–Trinajstić information content (AvgIpc) is 2.46. The molecule has 0 fully saturated rings. The fourth-order valence-electron chi connectivity index (χ4n) is 2.54. The van der Waals surface area contributed by atoms with E-state index in [0.29, 0.717) is 0 Å². The van der Waals surface area contributed by atoms with E-state index in [1.807, 2.05) is 18.2 Å². The molecule has 3 heteroatoms. The Kier molecular flexibility index (Phi) is 3.34. The highest BCUT2D eigenvalue weighted by Gasteiger charge is 2.16. The largest absolute Gasteiger partial charge is 0.497 e. The molecule has 2 aromatic rings. The fourth-order valence-corrected chi connectivity index (χ4v) is 2.73. The van der Waals surface area contributed by atoms with E-state index in [1.54, 1.807) is 7.11 Å². The molecule has 0 radical (unpaired) electrons. The van der Waals surface area contributed by atoms with Crippen molar-refractivity contribution in [2.75, 3.05) is 18.6 Å². The molecule has 1 heterocycles. The lowest BCUT2D eigenvalue weighted by molar-refractivity contribution is 0.415. The van der Waals surface area contributed by atoms with Crippen LogP contribution in [0.3, 0.4) is 0 Å². The van der Waals surface area contributed by atoms with Crippen molar-refractivity contribution in [2.24, 2.45) is 0 Å². The van der Waals surface area contributed by atoms with Crippen LogP contribution in [0.4, 0.5) is 5.69 Å². The van der Waals surface area contributed by atoms with Gasteiger partial charge in [-0.3, -0.25) is 0 Å². The second kappa shape index (κ2) is 5.14.